The second-order valence-electron chi connectivity index (χ2n) is 3.47. The molecule has 2 heteroatoms. The summed E-state index contributed by atoms with van der Waals surface area (Å²) in [4.78, 5) is 0. The summed E-state index contributed by atoms with van der Waals surface area (Å²) in [5, 5.41) is 8.92. The number of aliphatic hydroxyl groups is 1. The lowest BCUT2D eigenvalue weighted by molar-refractivity contribution is -0.157. The Bertz CT molecular complexity index is 89.1. The Balaban J connectivity index is 2.35. The smallest absolute Gasteiger partial charge is 0.154 e. The Morgan fingerprint density at radius 3 is 2.56 bits per heavy atom. The largest absolute Gasteiger partial charge is 0.368 e. The average molecular weight is 130 g/mol. The molecule has 0 aliphatic carbocycles. The fourth-order valence-electron chi connectivity index (χ4n) is 0.992. The first-order valence-corrected chi connectivity index (χ1v) is 3.40. The van der Waals surface area contributed by atoms with Crippen molar-refractivity contribution in [2.24, 2.45) is 5.41 Å². The van der Waals surface area contributed by atoms with Gasteiger partial charge in [0.05, 0.1) is 6.61 Å². The van der Waals surface area contributed by atoms with Gasteiger partial charge in [-0.05, 0) is 18.3 Å². The van der Waals surface area contributed by atoms with Crippen molar-refractivity contribution in [2.45, 2.75) is 33.0 Å². The van der Waals surface area contributed by atoms with E-state index in [0.29, 0.717) is 6.61 Å². The highest BCUT2D eigenvalue weighted by atomic mass is 16.6. The van der Waals surface area contributed by atoms with Gasteiger partial charge < -0.3 is 9.84 Å². The lowest BCUT2D eigenvalue weighted by Crippen LogP contribution is -2.31. The molecule has 1 saturated heterocycles. The summed E-state index contributed by atoms with van der Waals surface area (Å²) in [6.45, 7) is 4.99. The van der Waals surface area contributed by atoms with Crippen LogP contribution in [0.5, 0.6) is 0 Å². The maximum Gasteiger partial charge on any atom is 0.154 e. The summed E-state index contributed by atoms with van der Waals surface area (Å²) in [7, 11) is 0. The van der Waals surface area contributed by atoms with Gasteiger partial charge >= 0.3 is 0 Å². The van der Waals surface area contributed by atoms with Gasteiger partial charge in [-0.25, -0.2) is 0 Å². The molecule has 1 aliphatic rings. The zero-order chi connectivity index (χ0) is 6.91. The molecule has 1 unspecified atom stereocenters. The van der Waals surface area contributed by atoms with Crippen LogP contribution in [0, 0.1) is 5.41 Å². The van der Waals surface area contributed by atoms with Crippen molar-refractivity contribution >= 4 is 0 Å². The Hall–Kier alpha value is -0.0800. The number of aliphatic hydroxyl groups excluding tert-OH is 1. The van der Waals surface area contributed by atoms with Gasteiger partial charge in [0, 0.05) is 0 Å². The van der Waals surface area contributed by atoms with Crippen LogP contribution in [-0.4, -0.2) is 18.0 Å². The molecule has 0 aromatic heterocycles. The molecule has 2 nitrogen and oxygen atoms in total. The quantitative estimate of drug-likeness (QED) is 0.533. The molecule has 0 amide bonds. The Kier molecular flexibility index (Phi) is 1.78. The van der Waals surface area contributed by atoms with Gasteiger partial charge in [0.2, 0.25) is 0 Å². The van der Waals surface area contributed by atoms with Crippen LogP contribution in [-0.2, 0) is 4.74 Å². The van der Waals surface area contributed by atoms with Gasteiger partial charge in [-0.15, -0.1) is 0 Å². The molecular formula is C7H14O2. The Morgan fingerprint density at radius 2 is 2.22 bits per heavy atom. The van der Waals surface area contributed by atoms with Gasteiger partial charge in [-0.2, -0.15) is 0 Å². The third-order valence-electron chi connectivity index (χ3n) is 1.73. The second-order valence-corrected chi connectivity index (χ2v) is 3.47. The van der Waals surface area contributed by atoms with Crippen molar-refractivity contribution in [1.82, 2.24) is 0 Å². The van der Waals surface area contributed by atoms with Crippen molar-refractivity contribution < 1.29 is 9.84 Å². The van der Waals surface area contributed by atoms with Crippen molar-refractivity contribution in [3.63, 3.8) is 0 Å². The highest BCUT2D eigenvalue weighted by Crippen LogP contribution is 2.28. The van der Waals surface area contributed by atoms with Crippen LogP contribution in [0.4, 0.5) is 0 Å². The van der Waals surface area contributed by atoms with Crippen LogP contribution >= 0.6 is 0 Å². The number of rotatable bonds is 0. The number of ether oxygens (including phenoxy) is 1. The highest BCUT2D eigenvalue weighted by molar-refractivity contribution is 4.72. The van der Waals surface area contributed by atoms with Gasteiger partial charge in [0.15, 0.2) is 6.29 Å². The van der Waals surface area contributed by atoms with Crippen LogP contribution in [0.25, 0.3) is 0 Å². The van der Waals surface area contributed by atoms with Gasteiger partial charge in [0.1, 0.15) is 0 Å². The fraction of sp³-hybridized carbons (Fsp3) is 1.00. The summed E-state index contributed by atoms with van der Waals surface area (Å²) in [6.07, 6.45) is 1.35. The van der Waals surface area contributed by atoms with E-state index in [4.69, 9.17) is 9.84 Å². The summed E-state index contributed by atoms with van der Waals surface area (Å²) in [6, 6.07) is 0. The van der Waals surface area contributed by atoms with Crippen LogP contribution in [0.2, 0.25) is 0 Å². The number of hydrogen-bond donors (Lipinski definition) is 1. The molecule has 1 heterocycles. The fourth-order valence-corrected chi connectivity index (χ4v) is 0.992. The van der Waals surface area contributed by atoms with Crippen molar-refractivity contribution in [3.05, 3.63) is 0 Å². The summed E-state index contributed by atoms with van der Waals surface area (Å²) in [5.41, 5.74) is 0.277. The molecule has 0 saturated carbocycles. The molecule has 1 rings (SSSR count). The molecule has 1 fully saturated rings. The SMILES string of the molecule is CC1(C)CCC(O)OC1. The van der Waals surface area contributed by atoms with E-state index in [1.54, 1.807) is 0 Å². The minimum Gasteiger partial charge on any atom is -0.368 e. The molecule has 9 heavy (non-hydrogen) atoms. The van der Waals surface area contributed by atoms with Crippen LogP contribution < -0.4 is 0 Å². The third kappa shape index (κ3) is 1.95. The van der Waals surface area contributed by atoms with E-state index in [2.05, 4.69) is 13.8 Å². The first-order valence-electron chi connectivity index (χ1n) is 3.40. The molecule has 0 radical (unpaired) electrons. The predicted octanol–water partition coefficient (Wildman–Crippen LogP) is 1.14. The lowest BCUT2D eigenvalue weighted by Gasteiger charge is -2.31. The minimum atomic E-state index is -0.502. The van der Waals surface area contributed by atoms with E-state index in [1.165, 1.54) is 0 Å². The zero-order valence-electron chi connectivity index (χ0n) is 6.05. The van der Waals surface area contributed by atoms with E-state index in [-0.39, 0.29) is 5.41 Å². The van der Waals surface area contributed by atoms with E-state index in [0.717, 1.165) is 12.8 Å². The van der Waals surface area contributed by atoms with Crippen LogP contribution in [0.1, 0.15) is 26.7 Å². The summed E-state index contributed by atoms with van der Waals surface area (Å²) in [5.74, 6) is 0. The van der Waals surface area contributed by atoms with Crippen LogP contribution in [0.15, 0.2) is 0 Å². The monoisotopic (exact) mass is 130 g/mol. The average Bonchev–Trinajstić information content (AvgIpc) is 1.78. The second kappa shape index (κ2) is 2.27. The topological polar surface area (TPSA) is 29.5 Å². The molecule has 0 bridgehead atoms. The van der Waals surface area contributed by atoms with Crippen molar-refractivity contribution in [1.29, 1.82) is 0 Å². The predicted molar refractivity (Wildman–Crippen MR) is 35.0 cm³/mol. The lowest BCUT2D eigenvalue weighted by atomic mass is 9.87. The molecule has 1 aliphatic heterocycles. The highest BCUT2D eigenvalue weighted by Gasteiger charge is 2.25. The zero-order valence-corrected chi connectivity index (χ0v) is 6.05. The molecule has 1 atom stereocenters. The third-order valence-corrected chi connectivity index (χ3v) is 1.73. The maximum atomic E-state index is 8.92. The normalized spacial score (nSPS) is 34.3. The maximum absolute atomic E-state index is 8.92. The molecule has 1 N–H and O–H groups in total. The van der Waals surface area contributed by atoms with E-state index in [1.807, 2.05) is 0 Å². The van der Waals surface area contributed by atoms with Gasteiger partial charge in [-0.1, -0.05) is 13.8 Å². The first-order chi connectivity index (χ1) is 4.10. The minimum absolute atomic E-state index is 0.277. The van der Waals surface area contributed by atoms with Crippen molar-refractivity contribution in [2.75, 3.05) is 6.61 Å². The van der Waals surface area contributed by atoms with E-state index < -0.39 is 6.29 Å². The van der Waals surface area contributed by atoms with E-state index in [9.17, 15) is 0 Å². The molecular weight excluding hydrogens is 116 g/mol. The van der Waals surface area contributed by atoms with Gasteiger partial charge in [-0.3, -0.25) is 0 Å². The molecule has 0 spiro atoms. The Labute approximate surface area is 55.8 Å². The van der Waals surface area contributed by atoms with Crippen LogP contribution in [0.3, 0.4) is 0 Å². The van der Waals surface area contributed by atoms with Gasteiger partial charge in [0.25, 0.3) is 0 Å². The number of hydrogen-bond acceptors (Lipinski definition) is 2. The molecule has 0 aromatic carbocycles. The Morgan fingerprint density at radius 1 is 1.56 bits per heavy atom. The van der Waals surface area contributed by atoms with E-state index >= 15 is 0 Å². The molecule has 0 aromatic rings. The molecule has 54 valence electrons. The first kappa shape index (κ1) is 7.03. The standard InChI is InChI=1S/C7H14O2/c1-7(2)4-3-6(8)9-5-7/h6,8H,3-5H2,1-2H3. The summed E-state index contributed by atoms with van der Waals surface area (Å²) >= 11 is 0. The summed E-state index contributed by atoms with van der Waals surface area (Å²) < 4.78 is 5.05. The van der Waals surface area contributed by atoms with Crippen molar-refractivity contribution in [3.8, 4) is 0 Å².